The molecule has 0 aliphatic heterocycles. The molecule has 2 rings (SSSR count). The van der Waals surface area contributed by atoms with Crippen molar-refractivity contribution in [3.05, 3.63) is 35.9 Å². The van der Waals surface area contributed by atoms with Gasteiger partial charge in [-0.05, 0) is 38.2 Å². The number of nitrogens with one attached hydrogen (secondary N) is 1. The maximum atomic E-state index is 5.91. The van der Waals surface area contributed by atoms with Crippen LogP contribution in [0.25, 0.3) is 0 Å². The molecule has 1 saturated carbocycles. The second-order valence-electron chi connectivity index (χ2n) is 4.91. The van der Waals surface area contributed by atoms with Crippen molar-refractivity contribution in [2.24, 2.45) is 5.73 Å². The Morgan fingerprint density at radius 2 is 1.75 bits per heavy atom. The van der Waals surface area contributed by atoms with Gasteiger partial charge in [-0.1, -0.05) is 30.3 Å². The van der Waals surface area contributed by atoms with Crippen LogP contribution in [-0.4, -0.2) is 12.1 Å². The van der Waals surface area contributed by atoms with Gasteiger partial charge in [0.2, 0.25) is 0 Å². The third-order valence-electron chi connectivity index (χ3n) is 3.56. The van der Waals surface area contributed by atoms with Crippen molar-refractivity contribution < 1.29 is 0 Å². The molecule has 1 atom stereocenters. The van der Waals surface area contributed by atoms with Gasteiger partial charge in [0.15, 0.2) is 0 Å². The van der Waals surface area contributed by atoms with E-state index in [2.05, 4.69) is 42.6 Å². The minimum absolute atomic E-state index is 0.435. The minimum atomic E-state index is 0.435. The first-order chi connectivity index (χ1) is 7.75. The summed E-state index contributed by atoms with van der Waals surface area (Å²) in [6.45, 7) is 2.24. The largest absolute Gasteiger partial charge is 0.328 e. The smallest absolute Gasteiger partial charge is 0.0294 e. The first kappa shape index (κ1) is 11.6. The number of nitrogens with two attached hydrogens (primary N) is 1. The van der Waals surface area contributed by atoms with Gasteiger partial charge in [0, 0.05) is 18.1 Å². The normalized spacial score (nSPS) is 27.6. The molecule has 88 valence electrons. The van der Waals surface area contributed by atoms with Gasteiger partial charge in [-0.25, -0.2) is 0 Å². The van der Waals surface area contributed by atoms with Crippen molar-refractivity contribution in [1.82, 2.24) is 5.32 Å². The van der Waals surface area contributed by atoms with E-state index in [0.717, 1.165) is 0 Å². The summed E-state index contributed by atoms with van der Waals surface area (Å²) in [6.07, 6.45) is 4.77. The molecule has 0 saturated heterocycles. The second-order valence-corrected chi connectivity index (χ2v) is 4.91. The fourth-order valence-corrected chi connectivity index (χ4v) is 2.48. The summed E-state index contributed by atoms with van der Waals surface area (Å²) in [4.78, 5) is 0. The maximum absolute atomic E-state index is 5.91. The van der Waals surface area contributed by atoms with Crippen molar-refractivity contribution in [2.45, 2.75) is 50.7 Å². The van der Waals surface area contributed by atoms with Crippen LogP contribution in [0, 0.1) is 0 Å². The van der Waals surface area contributed by atoms with Gasteiger partial charge >= 0.3 is 0 Å². The first-order valence-electron chi connectivity index (χ1n) is 6.32. The highest BCUT2D eigenvalue weighted by Crippen LogP contribution is 2.20. The Hall–Kier alpha value is -0.860. The van der Waals surface area contributed by atoms with Gasteiger partial charge in [0.25, 0.3) is 0 Å². The molecule has 0 radical (unpaired) electrons. The third-order valence-corrected chi connectivity index (χ3v) is 3.56. The Kier molecular flexibility index (Phi) is 3.97. The van der Waals surface area contributed by atoms with Gasteiger partial charge in [-0.2, -0.15) is 0 Å². The minimum Gasteiger partial charge on any atom is -0.328 e. The number of rotatable bonds is 3. The number of hydrogen-bond acceptors (Lipinski definition) is 2. The molecule has 0 heterocycles. The average molecular weight is 218 g/mol. The van der Waals surface area contributed by atoms with Crippen molar-refractivity contribution in [2.75, 3.05) is 0 Å². The summed E-state index contributed by atoms with van der Waals surface area (Å²) in [6, 6.07) is 12.2. The lowest BCUT2D eigenvalue weighted by molar-refractivity contribution is 0.322. The molecule has 1 aliphatic carbocycles. The van der Waals surface area contributed by atoms with E-state index in [4.69, 9.17) is 5.73 Å². The molecule has 1 aromatic rings. The van der Waals surface area contributed by atoms with E-state index in [0.29, 0.717) is 18.1 Å². The molecule has 1 aromatic carbocycles. The van der Waals surface area contributed by atoms with E-state index in [9.17, 15) is 0 Å². The lowest BCUT2D eigenvalue weighted by Crippen LogP contribution is -2.38. The molecule has 3 N–H and O–H groups in total. The Labute approximate surface area is 98.2 Å². The topological polar surface area (TPSA) is 38.0 Å². The molecule has 0 amide bonds. The second kappa shape index (κ2) is 5.46. The van der Waals surface area contributed by atoms with Crippen LogP contribution in [0.5, 0.6) is 0 Å². The summed E-state index contributed by atoms with van der Waals surface area (Å²) in [5, 5.41) is 3.70. The monoisotopic (exact) mass is 218 g/mol. The fourth-order valence-electron chi connectivity index (χ4n) is 2.48. The molecular formula is C14H22N2. The Morgan fingerprint density at radius 1 is 1.12 bits per heavy atom. The summed E-state index contributed by atoms with van der Waals surface area (Å²) in [7, 11) is 0. The molecule has 1 aliphatic rings. The van der Waals surface area contributed by atoms with E-state index >= 15 is 0 Å². The van der Waals surface area contributed by atoms with Crippen LogP contribution in [0.3, 0.4) is 0 Å². The fraction of sp³-hybridized carbons (Fsp3) is 0.571. The lowest BCUT2D eigenvalue weighted by atomic mass is 9.91. The molecule has 1 unspecified atom stereocenters. The van der Waals surface area contributed by atoms with E-state index in [1.54, 1.807) is 0 Å². The average Bonchev–Trinajstić information content (AvgIpc) is 2.33. The van der Waals surface area contributed by atoms with Crippen LogP contribution >= 0.6 is 0 Å². The number of benzene rings is 1. The van der Waals surface area contributed by atoms with E-state index < -0.39 is 0 Å². The summed E-state index contributed by atoms with van der Waals surface area (Å²) in [5.41, 5.74) is 7.28. The zero-order valence-electron chi connectivity index (χ0n) is 10.0. The highest BCUT2D eigenvalue weighted by Gasteiger charge is 2.19. The molecule has 0 aromatic heterocycles. The van der Waals surface area contributed by atoms with Crippen molar-refractivity contribution in [1.29, 1.82) is 0 Å². The van der Waals surface area contributed by atoms with Crippen LogP contribution in [0.15, 0.2) is 30.3 Å². The maximum Gasteiger partial charge on any atom is 0.0294 e. The third kappa shape index (κ3) is 3.06. The highest BCUT2D eigenvalue weighted by atomic mass is 14.9. The van der Waals surface area contributed by atoms with Gasteiger partial charge in [-0.3, -0.25) is 0 Å². The Balaban J connectivity index is 1.86. The molecule has 2 heteroatoms. The Bertz CT molecular complexity index is 302. The van der Waals surface area contributed by atoms with Crippen molar-refractivity contribution >= 4 is 0 Å². The SMILES string of the molecule is CC(NC1CCC(N)CC1)c1ccccc1. The van der Waals surface area contributed by atoms with Crippen LogP contribution in [0.4, 0.5) is 0 Å². The van der Waals surface area contributed by atoms with Crippen molar-refractivity contribution in [3.63, 3.8) is 0 Å². The predicted octanol–water partition coefficient (Wildman–Crippen LogP) is 2.61. The lowest BCUT2D eigenvalue weighted by Gasteiger charge is -2.29. The van der Waals surface area contributed by atoms with Gasteiger partial charge in [-0.15, -0.1) is 0 Å². The highest BCUT2D eigenvalue weighted by molar-refractivity contribution is 5.18. The first-order valence-corrected chi connectivity index (χ1v) is 6.32. The van der Waals surface area contributed by atoms with E-state index in [1.165, 1.54) is 31.2 Å². The summed E-state index contributed by atoms with van der Waals surface area (Å²) in [5.74, 6) is 0. The number of hydrogen-bond donors (Lipinski definition) is 2. The summed E-state index contributed by atoms with van der Waals surface area (Å²) < 4.78 is 0. The quantitative estimate of drug-likeness (QED) is 0.818. The van der Waals surface area contributed by atoms with Crippen LogP contribution in [-0.2, 0) is 0 Å². The zero-order valence-corrected chi connectivity index (χ0v) is 10.0. The van der Waals surface area contributed by atoms with Gasteiger partial charge in [0.1, 0.15) is 0 Å². The zero-order chi connectivity index (χ0) is 11.4. The summed E-state index contributed by atoms with van der Waals surface area (Å²) >= 11 is 0. The van der Waals surface area contributed by atoms with Crippen molar-refractivity contribution in [3.8, 4) is 0 Å². The van der Waals surface area contributed by atoms with Crippen LogP contribution in [0.2, 0.25) is 0 Å². The van der Waals surface area contributed by atoms with E-state index in [-0.39, 0.29) is 0 Å². The molecular weight excluding hydrogens is 196 g/mol. The van der Waals surface area contributed by atoms with Crippen LogP contribution < -0.4 is 11.1 Å². The Morgan fingerprint density at radius 3 is 2.38 bits per heavy atom. The van der Waals surface area contributed by atoms with Gasteiger partial charge in [0.05, 0.1) is 0 Å². The van der Waals surface area contributed by atoms with E-state index in [1.807, 2.05) is 0 Å². The predicted molar refractivity (Wildman–Crippen MR) is 68.2 cm³/mol. The van der Waals surface area contributed by atoms with Gasteiger partial charge < -0.3 is 11.1 Å². The molecule has 0 spiro atoms. The van der Waals surface area contributed by atoms with Crippen LogP contribution in [0.1, 0.15) is 44.2 Å². The molecule has 2 nitrogen and oxygen atoms in total. The molecule has 1 fully saturated rings. The molecule has 0 bridgehead atoms. The standard InChI is InChI=1S/C14H22N2/c1-11(12-5-3-2-4-6-12)16-14-9-7-13(15)8-10-14/h2-6,11,13-14,16H,7-10,15H2,1H3. The molecule has 16 heavy (non-hydrogen) atoms.